The van der Waals surface area contributed by atoms with E-state index in [1.54, 1.807) is 7.11 Å². The molecular weight excluding hydrogens is 240 g/mol. The molecule has 0 heterocycles. The highest BCUT2D eigenvalue weighted by Crippen LogP contribution is 2.28. The van der Waals surface area contributed by atoms with Crippen molar-refractivity contribution in [2.24, 2.45) is 10.2 Å². The first-order valence-corrected chi connectivity index (χ1v) is 6.07. The Labute approximate surface area is 112 Å². The lowest BCUT2D eigenvalue weighted by Crippen LogP contribution is -2.04. The lowest BCUT2D eigenvalue weighted by atomic mass is 10.3. The molecule has 0 aliphatic rings. The van der Waals surface area contributed by atoms with Crippen LogP contribution in [0.15, 0.2) is 64.8 Å². The van der Waals surface area contributed by atoms with E-state index in [-0.39, 0.29) is 0 Å². The first-order chi connectivity index (χ1) is 9.40. The molecule has 0 spiro atoms. The van der Waals surface area contributed by atoms with E-state index in [0.29, 0.717) is 24.7 Å². The second-order valence-corrected chi connectivity index (χ2v) is 3.84. The summed E-state index contributed by atoms with van der Waals surface area (Å²) in [6, 6.07) is 17.1. The molecule has 2 aromatic carbocycles. The molecule has 4 heteroatoms. The average molecular weight is 256 g/mol. The van der Waals surface area contributed by atoms with E-state index in [0.717, 1.165) is 5.69 Å². The van der Waals surface area contributed by atoms with Gasteiger partial charge in [-0.3, -0.25) is 0 Å². The summed E-state index contributed by atoms with van der Waals surface area (Å²) in [5, 5.41) is 8.39. The second kappa shape index (κ2) is 7.28. The first-order valence-electron chi connectivity index (χ1n) is 6.07. The predicted molar refractivity (Wildman–Crippen MR) is 74.4 cm³/mol. The lowest BCUT2D eigenvalue weighted by Gasteiger charge is -2.07. The highest BCUT2D eigenvalue weighted by atomic mass is 16.5. The van der Waals surface area contributed by atoms with Gasteiger partial charge in [0.2, 0.25) is 0 Å². The number of hydrogen-bond donors (Lipinski definition) is 0. The minimum atomic E-state index is 0.494. The zero-order valence-corrected chi connectivity index (χ0v) is 10.8. The molecule has 0 aliphatic carbocycles. The molecular formula is C15H16N2O2. The van der Waals surface area contributed by atoms with Crippen LogP contribution in [0.5, 0.6) is 5.75 Å². The molecule has 2 rings (SSSR count). The van der Waals surface area contributed by atoms with Gasteiger partial charge in [0, 0.05) is 7.11 Å². The number of azo groups is 1. The molecule has 0 N–H and O–H groups in total. The number of hydrogen-bond acceptors (Lipinski definition) is 4. The van der Waals surface area contributed by atoms with Gasteiger partial charge in [-0.2, -0.15) is 5.11 Å². The van der Waals surface area contributed by atoms with Gasteiger partial charge in [-0.05, 0) is 24.3 Å². The lowest BCUT2D eigenvalue weighted by molar-refractivity contribution is 0.146. The van der Waals surface area contributed by atoms with Gasteiger partial charge in [-0.25, -0.2) is 0 Å². The van der Waals surface area contributed by atoms with Gasteiger partial charge in [0.1, 0.15) is 18.0 Å². The maximum absolute atomic E-state index is 5.59. The Morgan fingerprint density at radius 3 is 2.37 bits per heavy atom. The summed E-state index contributed by atoms with van der Waals surface area (Å²) >= 11 is 0. The number of methoxy groups -OCH3 is 1. The Morgan fingerprint density at radius 1 is 0.842 bits per heavy atom. The summed E-state index contributed by atoms with van der Waals surface area (Å²) < 4.78 is 10.5. The van der Waals surface area contributed by atoms with Gasteiger partial charge < -0.3 is 9.47 Å². The van der Waals surface area contributed by atoms with Gasteiger partial charge in [0.15, 0.2) is 0 Å². The minimum absolute atomic E-state index is 0.494. The molecule has 0 aliphatic heterocycles. The van der Waals surface area contributed by atoms with E-state index in [4.69, 9.17) is 9.47 Å². The number of nitrogens with zero attached hydrogens (tertiary/aromatic N) is 2. The van der Waals surface area contributed by atoms with E-state index >= 15 is 0 Å². The van der Waals surface area contributed by atoms with Crippen LogP contribution >= 0.6 is 0 Å². The highest BCUT2D eigenvalue weighted by molar-refractivity contribution is 5.51. The van der Waals surface area contributed by atoms with Crippen molar-refractivity contribution >= 4 is 11.4 Å². The van der Waals surface area contributed by atoms with Crippen molar-refractivity contribution in [1.82, 2.24) is 0 Å². The molecule has 0 fully saturated rings. The first kappa shape index (κ1) is 13.2. The Morgan fingerprint density at radius 2 is 1.58 bits per heavy atom. The molecule has 19 heavy (non-hydrogen) atoms. The van der Waals surface area contributed by atoms with Crippen LogP contribution in [0.25, 0.3) is 0 Å². The molecule has 98 valence electrons. The third-order valence-electron chi connectivity index (χ3n) is 2.44. The summed E-state index contributed by atoms with van der Waals surface area (Å²) in [5.74, 6) is 0.708. The quantitative estimate of drug-likeness (QED) is 0.576. The molecule has 0 radical (unpaired) electrons. The van der Waals surface area contributed by atoms with Crippen LogP contribution in [0.1, 0.15) is 0 Å². The van der Waals surface area contributed by atoms with Crippen LogP contribution in [0.2, 0.25) is 0 Å². The Balaban J connectivity index is 2.09. The van der Waals surface area contributed by atoms with Crippen LogP contribution in [-0.4, -0.2) is 20.3 Å². The van der Waals surface area contributed by atoms with E-state index < -0.39 is 0 Å². The number of benzene rings is 2. The number of ether oxygens (including phenoxy) is 2. The molecule has 0 bridgehead atoms. The van der Waals surface area contributed by atoms with Crippen molar-refractivity contribution in [2.45, 2.75) is 0 Å². The largest absolute Gasteiger partial charge is 0.489 e. The van der Waals surface area contributed by atoms with E-state index in [1.165, 1.54) is 0 Å². The molecule has 0 atom stereocenters. The standard InChI is InChI=1S/C15H16N2O2/c1-18-11-12-19-15-10-6-5-9-14(15)17-16-13-7-3-2-4-8-13/h2-10H,11-12H2,1H3. The zero-order valence-electron chi connectivity index (χ0n) is 10.8. The fraction of sp³-hybridized carbons (Fsp3) is 0.200. The molecule has 0 amide bonds. The molecule has 0 saturated heterocycles. The van der Waals surface area contributed by atoms with Crippen LogP contribution in [0.4, 0.5) is 11.4 Å². The van der Waals surface area contributed by atoms with Crippen molar-refractivity contribution in [3.8, 4) is 5.75 Å². The van der Waals surface area contributed by atoms with Gasteiger partial charge in [-0.1, -0.05) is 30.3 Å². The topological polar surface area (TPSA) is 43.2 Å². The SMILES string of the molecule is COCCOc1ccccc1N=Nc1ccccc1. The Kier molecular flexibility index (Phi) is 5.07. The Hall–Kier alpha value is -2.20. The maximum atomic E-state index is 5.59. The van der Waals surface area contributed by atoms with Crippen LogP contribution in [0.3, 0.4) is 0 Å². The van der Waals surface area contributed by atoms with Crippen molar-refractivity contribution < 1.29 is 9.47 Å². The van der Waals surface area contributed by atoms with Crippen molar-refractivity contribution in [3.63, 3.8) is 0 Å². The van der Waals surface area contributed by atoms with Gasteiger partial charge in [0.25, 0.3) is 0 Å². The minimum Gasteiger partial charge on any atom is -0.489 e. The maximum Gasteiger partial charge on any atom is 0.146 e. The molecule has 4 nitrogen and oxygen atoms in total. The number of para-hydroxylation sites is 1. The van der Waals surface area contributed by atoms with Crippen molar-refractivity contribution in [2.75, 3.05) is 20.3 Å². The summed E-state index contributed by atoms with van der Waals surface area (Å²) in [6.45, 7) is 1.04. The van der Waals surface area contributed by atoms with Crippen LogP contribution in [-0.2, 0) is 4.74 Å². The third kappa shape index (κ3) is 4.19. The Bertz CT molecular complexity index is 527. The highest BCUT2D eigenvalue weighted by Gasteiger charge is 2.01. The average Bonchev–Trinajstić information content (AvgIpc) is 2.48. The summed E-state index contributed by atoms with van der Waals surface area (Å²) in [7, 11) is 1.64. The smallest absolute Gasteiger partial charge is 0.146 e. The van der Waals surface area contributed by atoms with Crippen molar-refractivity contribution in [1.29, 1.82) is 0 Å². The zero-order chi connectivity index (χ0) is 13.3. The molecule has 2 aromatic rings. The molecule has 0 aromatic heterocycles. The predicted octanol–water partition coefficient (Wildman–Crippen LogP) is 4.13. The third-order valence-corrected chi connectivity index (χ3v) is 2.44. The molecule has 0 unspecified atom stereocenters. The second-order valence-electron chi connectivity index (χ2n) is 3.84. The monoisotopic (exact) mass is 256 g/mol. The van der Waals surface area contributed by atoms with Crippen LogP contribution < -0.4 is 4.74 Å². The van der Waals surface area contributed by atoms with E-state index in [1.807, 2.05) is 54.6 Å². The summed E-state index contributed by atoms with van der Waals surface area (Å²) in [5.41, 5.74) is 1.52. The summed E-state index contributed by atoms with van der Waals surface area (Å²) in [4.78, 5) is 0. The van der Waals surface area contributed by atoms with Crippen LogP contribution in [0, 0.1) is 0 Å². The fourth-order valence-corrected chi connectivity index (χ4v) is 1.50. The van der Waals surface area contributed by atoms with Gasteiger partial charge in [-0.15, -0.1) is 5.11 Å². The molecule has 0 saturated carbocycles. The van der Waals surface area contributed by atoms with E-state index in [2.05, 4.69) is 10.2 Å². The normalized spacial score (nSPS) is 10.8. The van der Waals surface area contributed by atoms with Gasteiger partial charge >= 0.3 is 0 Å². The van der Waals surface area contributed by atoms with Crippen molar-refractivity contribution in [3.05, 3.63) is 54.6 Å². The fourth-order valence-electron chi connectivity index (χ4n) is 1.50. The number of rotatable bonds is 6. The van der Waals surface area contributed by atoms with Gasteiger partial charge in [0.05, 0.1) is 12.3 Å². The van der Waals surface area contributed by atoms with E-state index in [9.17, 15) is 0 Å². The summed E-state index contributed by atoms with van der Waals surface area (Å²) in [6.07, 6.45) is 0.